The summed E-state index contributed by atoms with van der Waals surface area (Å²) in [7, 11) is -2.81. The minimum atomic E-state index is -2.81. The molecule has 2 nitrogen and oxygen atoms in total. The van der Waals surface area contributed by atoms with Gasteiger partial charge in [-0.1, -0.05) is 60.7 Å². The molecule has 0 spiro atoms. The van der Waals surface area contributed by atoms with Crippen molar-refractivity contribution in [3.63, 3.8) is 0 Å². The lowest BCUT2D eigenvalue weighted by molar-refractivity contribution is 0.172. The van der Waals surface area contributed by atoms with Crippen molar-refractivity contribution in [2.75, 3.05) is 12.9 Å². The second-order valence-electron chi connectivity index (χ2n) is 4.33. The van der Waals surface area contributed by atoms with Crippen LogP contribution in [0.25, 0.3) is 0 Å². The minimum Gasteiger partial charge on any atom is -0.359 e. The first-order valence-electron chi connectivity index (χ1n) is 6.58. The zero-order valence-corrected chi connectivity index (χ0v) is 13.4. The zero-order valence-electron chi connectivity index (χ0n) is 11.7. The Labute approximate surface area is 124 Å². The molecule has 0 aliphatic rings. The minimum absolute atomic E-state index is 0.350. The van der Waals surface area contributed by atoms with E-state index >= 15 is 0 Å². The molecule has 0 N–H and O–H groups in total. The Kier molecular flexibility index (Phi) is 5.47. The fraction of sp³-hybridized carbons (Fsp3) is 0.250. The van der Waals surface area contributed by atoms with E-state index in [9.17, 15) is 4.57 Å². The molecular formula is C16H19O2PS. The van der Waals surface area contributed by atoms with Gasteiger partial charge in [-0.15, -0.1) is 11.8 Å². The second-order valence-corrected chi connectivity index (χ2v) is 8.39. The molecule has 106 valence electrons. The van der Waals surface area contributed by atoms with E-state index < -0.39 is 7.14 Å². The Morgan fingerprint density at radius 2 is 1.45 bits per heavy atom. The highest BCUT2D eigenvalue weighted by molar-refractivity contribution is 8.08. The van der Waals surface area contributed by atoms with Crippen LogP contribution in [0.5, 0.6) is 0 Å². The summed E-state index contributed by atoms with van der Waals surface area (Å²) in [6, 6.07) is 19.3. The van der Waals surface area contributed by atoms with E-state index in [-0.39, 0.29) is 5.18 Å². The molecule has 4 heteroatoms. The average molecular weight is 306 g/mol. The lowest BCUT2D eigenvalue weighted by Gasteiger charge is -2.27. The first kappa shape index (κ1) is 15.4. The molecule has 0 aromatic heterocycles. The van der Waals surface area contributed by atoms with E-state index in [1.165, 1.54) is 11.8 Å². The van der Waals surface area contributed by atoms with Crippen LogP contribution in [0.3, 0.4) is 0 Å². The first-order chi connectivity index (χ1) is 9.73. The van der Waals surface area contributed by atoms with Crippen LogP contribution in [0.4, 0.5) is 0 Å². The van der Waals surface area contributed by atoms with Gasteiger partial charge in [0.2, 0.25) is 0 Å². The highest BCUT2D eigenvalue weighted by Crippen LogP contribution is 2.52. The molecule has 0 bridgehead atoms. The third kappa shape index (κ3) is 3.01. The largest absolute Gasteiger partial charge is 0.359 e. The van der Waals surface area contributed by atoms with Crippen molar-refractivity contribution in [1.29, 1.82) is 0 Å². The van der Waals surface area contributed by atoms with Crippen LogP contribution in [-0.2, 0) is 9.30 Å². The lowest BCUT2D eigenvalue weighted by atomic mass is 10.4. The number of hydrogen-bond acceptors (Lipinski definition) is 3. The predicted octanol–water partition coefficient (Wildman–Crippen LogP) is 3.68. The highest BCUT2D eigenvalue weighted by Gasteiger charge is 2.36. The van der Waals surface area contributed by atoms with Crippen molar-refractivity contribution in [3.05, 3.63) is 60.7 Å². The van der Waals surface area contributed by atoms with Gasteiger partial charge in [0.15, 0.2) is 12.3 Å². The van der Waals surface area contributed by atoms with Crippen LogP contribution in [-0.4, -0.2) is 18.0 Å². The molecule has 2 rings (SSSR count). The van der Waals surface area contributed by atoms with Gasteiger partial charge in [0.1, 0.15) is 0 Å². The third-order valence-electron chi connectivity index (χ3n) is 3.09. The Hall–Kier alpha value is -1.02. The van der Waals surface area contributed by atoms with Gasteiger partial charge in [-0.25, -0.2) is 0 Å². The normalized spacial score (nSPS) is 13.1. The van der Waals surface area contributed by atoms with Crippen LogP contribution in [0, 0.1) is 0 Å². The number of ether oxygens (including phenoxy) is 1. The van der Waals surface area contributed by atoms with E-state index in [2.05, 4.69) is 0 Å². The third-order valence-corrected chi connectivity index (χ3v) is 8.02. The van der Waals surface area contributed by atoms with Crippen molar-refractivity contribution in [2.24, 2.45) is 0 Å². The molecule has 0 fully saturated rings. The van der Waals surface area contributed by atoms with Crippen LogP contribution in [0.1, 0.15) is 6.92 Å². The van der Waals surface area contributed by atoms with E-state index in [0.29, 0.717) is 6.61 Å². The van der Waals surface area contributed by atoms with Gasteiger partial charge in [-0.2, -0.15) is 0 Å². The first-order valence-corrected chi connectivity index (χ1v) is 9.65. The maximum Gasteiger partial charge on any atom is 0.180 e. The van der Waals surface area contributed by atoms with Crippen LogP contribution < -0.4 is 10.6 Å². The van der Waals surface area contributed by atoms with Crippen LogP contribution in [0.15, 0.2) is 60.7 Å². The lowest BCUT2D eigenvalue weighted by Crippen LogP contribution is -2.25. The molecule has 0 aliphatic heterocycles. The van der Waals surface area contributed by atoms with Gasteiger partial charge < -0.3 is 9.30 Å². The summed E-state index contributed by atoms with van der Waals surface area (Å²) in [6.45, 7) is 2.48. The molecule has 0 unspecified atom stereocenters. The van der Waals surface area contributed by atoms with Crippen molar-refractivity contribution >= 4 is 29.5 Å². The van der Waals surface area contributed by atoms with Gasteiger partial charge in [0.05, 0.1) is 0 Å². The summed E-state index contributed by atoms with van der Waals surface area (Å²) in [6.07, 6.45) is 1.94. The van der Waals surface area contributed by atoms with Crippen molar-refractivity contribution in [2.45, 2.75) is 12.1 Å². The zero-order chi connectivity index (χ0) is 14.4. The molecule has 0 amide bonds. The van der Waals surface area contributed by atoms with Crippen molar-refractivity contribution in [1.82, 2.24) is 0 Å². The highest BCUT2D eigenvalue weighted by atomic mass is 32.2. The Bertz CT molecular complexity index is 528. The fourth-order valence-electron chi connectivity index (χ4n) is 2.16. The van der Waals surface area contributed by atoms with E-state index in [0.717, 1.165) is 10.6 Å². The standard InChI is InChI=1S/C16H19O2PS/c1-3-18-16(20-2)19(17,14-10-6-4-7-11-14)15-12-8-5-9-13-15/h4-13,16H,3H2,1-2H3/t16-/m0/s1. The predicted molar refractivity (Wildman–Crippen MR) is 88.7 cm³/mol. The molecular weight excluding hydrogens is 287 g/mol. The molecule has 1 atom stereocenters. The molecule has 0 heterocycles. The summed E-state index contributed by atoms with van der Waals surface area (Å²) < 4.78 is 19.6. The number of rotatable bonds is 6. The average Bonchev–Trinajstić information content (AvgIpc) is 2.53. The van der Waals surface area contributed by atoms with Gasteiger partial charge in [0, 0.05) is 17.2 Å². The number of thioether (sulfide) groups is 1. The SMILES string of the molecule is CCO[C@H](SC)P(=O)(c1ccccc1)c1ccccc1. The van der Waals surface area contributed by atoms with E-state index in [4.69, 9.17) is 4.74 Å². The van der Waals surface area contributed by atoms with Gasteiger partial charge >= 0.3 is 0 Å². The Morgan fingerprint density at radius 1 is 1.00 bits per heavy atom. The Balaban J connectivity index is 2.57. The molecule has 2 aromatic carbocycles. The monoisotopic (exact) mass is 306 g/mol. The quantitative estimate of drug-likeness (QED) is 0.601. The molecule has 0 saturated carbocycles. The van der Waals surface area contributed by atoms with Gasteiger partial charge in [-0.3, -0.25) is 0 Å². The van der Waals surface area contributed by atoms with Crippen LogP contribution >= 0.6 is 18.9 Å². The topological polar surface area (TPSA) is 26.3 Å². The molecule has 2 aromatic rings. The molecule has 20 heavy (non-hydrogen) atoms. The summed E-state index contributed by atoms with van der Waals surface area (Å²) >= 11 is 1.51. The summed E-state index contributed by atoms with van der Waals surface area (Å²) in [4.78, 5) is 0. The summed E-state index contributed by atoms with van der Waals surface area (Å²) in [5.41, 5.74) is 0. The van der Waals surface area contributed by atoms with E-state index in [1.807, 2.05) is 73.8 Å². The Morgan fingerprint density at radius 3 is 1.80 bits per heavy atom. The summed E-state index contributed by atoms with van der Waals surface area (Å²) in [5, 5.41) is 1.34. The van der Waals surface area contributed by atoms with Gasteiger partial charge in [-0.05, 0) is 13.2 Å². The fourth-order valence-corrected chi connectivity index (χ4v) is 6.72. The van der Waals surface area contributed by atoms with Crippen molar-refractivity contribution < 1.29 is 9.30 Å². The van der Waals surface area contributed by atoms with Crippen LogP contribution in [0.2, 0.25) is 0 Å². The molecule has 0 saturated heterocycles. The number of hydrogen-bond donors (Lipinski definition) is 0. The molecule has 0 aliphatic carbocycles. The second kappa shape index (κ2) is 7.12. The van der Waals surface area contributed by atoms with Crippen molar-refractivity contribution in [3.8, 4) is 0 Å². The summed E-state index contributed by atoms with van der Waals surface area (Å²) in [5.74, 6) is 0. The van der Waals surface area contributed by atoms with E-state index in [1.54, 1.807) is 0 Å². The van der Waals surface area contributed by atoms with Gasteiger partial charge in [0.25, 0.3) is 0 Å². The number of benzene rings is 2. The maximum absolute atomic E-state index is 13.8. The smallest absolute Gasteiger partial charge is 0.180 e. The maximum atomic E-state index is 13.8. The molecule has 0 radical (unpaired) electrons.